The van der Waals surface area contributed by atoms with Crippen LogP contribution in [-0.2, 0) is 5.75 Å². The summed E-state index contributed by atoms with van der Waals surface area (Å²) in [4.78, 5) is 4.79. The fraction of sp³-hybridized carbons (Fsp3) is 0.421. The molecular weight excluding hydrogens is 364 g/mol. The minimum absolute atomic E-state index is 0.633. The van der Waals surface area contributed by atoms with Gasteiger partial charge in [0.25, 0.3) is 0 Å². The number of hydrogen-bond donors (Lipinski definition) is 0. The van der Waals surface area contributed by atoms with Gasteiger partial charge in [0.05, 0.1) is 12.8 Å². The SMILES string of the molecule is COc1ccc(-c2nc(CSc3nnc(C4CC4)n3C3CC3)cs2)cc1. The van der Waals surface area contributed by atoms with Gasteiger partial charge in [-0.05, 0) is 49.9 Å². The Hall–Kier alpha value is -1.86. The quantitative estimate of drug-likeness (QED) is 0.542. The molecule has 0 radical (unpaired) electrons. The van der Waals surface area contributed by atoms with Gasteiger partial charge in [-0.2, -0.15) is 0 Å². The van der Waals surface area contributed by atoms with Gasteiger partial charge >= 0.3 is 0 Å². The fourth-order valence-electron chi connectivity index (χ4n) is 3.06. The van der Waals surface area contributed by atoms with Crippen molar-refractivity contribution in [2.24, 2.45) is 0 Å². The zero-order valence-corrected chi connectivity index (χ0v) is 16.2. The first kappa shape index (κ1) is 16.3. The number of hydrogen-bond acceptors (Lipinski definition) is 6. The van der Waals surface area contributed by atoms with E-state index in [-0.39, 0.29) is 0 Å². The molecule has 2 saturated carbocycles. The van der Waals surface area contributed by atoms with Crippen LogP contribution in [0, 0.1) is 0 Å². The molecule has 0 amide bonds. The molecule has 2 aromatic heterocycles. The topological polar surface area (TPSA) is 52.8 Å². The molecule has 0 aliphatic heterocycles. The molecule has 2 heterocycles. The molecular formula is C19H20N4OS2. The van der Waals surface area contributed by atoms with Crippen LogP contribution in [0.5, 0.6) is 5.75 Å². The minimum atomic E-state index is 0.633. The highest BCUT2D eigenvalue weighted by molar-refractivity contribution is 7.98. The van der Waals surface area contributed by atoms with Crippen LogP contribution in [0.1, 0.15) is 49.2 Å². The maximum Gasteiger partial charge on any atom is 0.191 e. The maximum absolute atomic E-state index is 5.22. The van der Waals surface area contributed by atoms with Gasteiger partial charge < -0.3 is 9.30 Å². The number of benzene rings is 1. The number of ether oxygens (including phenoxy) is 1. The van der Waals surface area contributed by atoms with Crippen LogP contribution in [0.15, 0.2) is 34.8 Å². The second-order valence-electron chi connectivity index (χ2n) is 6.88. The number of thiazole rings is 1. The van der Waals surface area contributed by atoms with E-state index in [9.17, 15) is 0 Å². The monoisotopic (exact) mass is 384 g/mol. The van der Waals surface area contributed by atoms with Crippen molar-refractivity contribution in [3.8, 4) is 16.3 Å². The number of methoxy groups -OCH3 is 1. The first-order chi connectivity index (χ1) is 12.8. The van der Waals surface area contributed by atoms with E-state index in [1.54, 1.807) is 30.2 Å². The predicted octanol–water partition coefficient (Wildman–Crippen LogP) is 4.91. The maximum atomic E-state index is 5.22. The molecule has 26 heavy (non-hydrogen) atoms. The molecule has 0 atom stereocenters. The van der Waals surface area contributed by atoms with Gasteiger partial charge in [0.2, 0.25) is 0 Å². The number of rotatable bonds is 7. The molecule has 0 bridgehead atoms. The lowest BCUT2D eigenvalue weighted by Crippen LogP contribution is -2.01. The van der Waals surface area contributed by atoms with E-state index >= 15 is 0 Å². The first-order valence-corrected chi connectivity index (χ1v) is 10.8. The van der Waals surface area contributed by atoms with Gasteiger partial charge in [0.1, 0.15) is 16.6 Å². The lowest BCUT2D eigenvalue weighted by atomic mass is 10.2. The Morgan fingerprint density at radius 3 is 2.65 bits per heavy atom. The summed E-state index contributed by atoms with van der Waals surface area (Å²) in [6.45, 7) is 0. The van der Waals surface area contributed by atoms with Crippen molar-refractivity contribution in [1.82, 2.24) is 19.7 Å². The molecule has 0 saturated heterocycles. The first-order valence-electron chi connectivity index (χ1n) is 8.98. The Labute approximate surface area is 160 Å². The smallest absolute Gasteiger partial charge is 0.191 e. The van der Waals surface area contributed by atoms with Crippen LogP contribution in [0.25, 0.3) is 10.6 Å². The van der Waals surface area contributed by atoms with Gasteiger partial charge in [-0.3, -0.25) is 0 Å². The van der Waals surface area contributed by atoms with Gasteiger partial charge in [-0.25, -0.2) is 4.98 Å². The molecule has 5 nitrogen and oxygen atoms in total. The van der Waals surface area contributed by atoms with E-state index in [1.165, 1.54) is 31.5 Å². The molecule has 0 unspecified atom stereocenters. The highest BCUT2D eigenvalue weighted by Gasteiger charge is 2.36. The molecule has 134 valence electrons. The molecule has 0 spiro atoms. The average Bonchev–Trinajstić information content (AvgIpc) is 3.61. The summed E-state index contributed by atoms with van der Waals surface area (Å²) in [5.41, 5.74) is 2.23. The van der Waals surface area contributed by atoms with Crippen molar-refractivity contribution < 1.29 is 4.74 Å². The van der Waals surface area contributed by atoms with Crippen LogP contribution in [0.3, 0.4) is 0 Å². The standard InChI is InChI=1S/C19H20N4OS2/c1-24-16-8-4-13(5-9-16)18-20-14(10-25-18)11-26-19-22-21-17(12-2-3-12)23(19)15-6-7-15/h4-5,8-10,12,15H,2-3,6-7,11H2,1H3. The van der Waals surface area contributed by atoms with Crippen LogP contribution in [0.4, 0.5) is 0 Å². The lowest BCUT2D eigenvalue weighted by Gasteiger charge is -2.07. The molecule has 3 aromatic rings. The number of aromatic nitrogens is 4. The number of nitrogens with zero attached hydrogens (tertiary/aromatic N) is 4. The Bertz CT molecular complexity index is 910. The van der Waals surface area contributed by atoms with Crippen molar-refractivity contribution in [3.63, 3.8) is 0 Å². The van der Waals surface area contributed by atoms with E-state index in [2.05, 4.69) is 32.3 Å². The Balaban J connectivity index is 1.30. The van der Waals surface area contributed by atoms with E-state index in [4.69, 9.17) is 9.72 Å². The van der Waals surface area contributed by atoms with Crippen molar-refractivity contribution in [1.29, 1.82) is 0 Å². The van der Waals surface area contributed by atoms with Crippen LogP contribution < -0.4 is 4.74 Å². The summed E-state index contributed by atoms with van der Waals surface area (Å²) in [5.74, 6) is 3.57. The number of thioether (sulfide) groups is 1. The van der Waals surface area contributed by atoms with Gasteiger partial charge in [0.15, 0.2) is 5.16 Å². The highest BCUT2D eigenvalue weighted by Crippen LogP contribution is 2.46. The summed E-state index contributed by atoms with van der Waals surface area (Å²) >= 11 is 3.45. The molecule has 1 aromatic carbocycles. The molecule has 2 aliphatic rings. The van der Waals surface area contributed by atoms with Crippen LogP contribution >= 0.6 is 23.1 Å². The third kappa shape index (κ3) is 3.25. The van der Waals surface area contributed by atoms with E-state index in [1.807, 2.05) is 12.1 Å². The van der Waals surface area contributed by atoms with Crippen LogP contribution in [-0.4, -0.2) is 26.9 Å². The molecule has 7 heteroatoms. The minimum Gasteiger partial charge on any atom is -0.497 e. The van der Waals surface area contributed by atoms with Crippen molar-refractivity contribution >= 4 is 23.1 Å². The van der Waals surface area contributed by atoms with Gasteiger partial charge in [-0.15, -0.1) is 21.5 Å². The Morgan fingerprint density at radius 2 is 1.96 bits per heavy atom. The van der Waals surface area contributed by atoms with Gasteiger partial charge in [-0.1, -0.05) is 11.8 Å². The average molecular weight is 385 g/mol. The summed E-state index contributed by atoms with van der Waals surface area (Å²) in [6.07, 6.45) is 5.08. The normalized spacial score (nSPS) is 16.8. The van der Waals surface area contributed by atoms with Crippen LogP contribution in [0.2, 0.25) is 0 Å². The summed E-state index contributed by atoms with van der Waals surface area (Å²) in [7, 11) is 1.68. The Kier molecular flexibility index (Phi) is 4.21. The molecule has 2 fully saturated rings. The highest BCUT2D eigenvalue weighted by atomic mass is 32.2. The molecule has 0 N–H and O–H groups in total. The van der Waals surface area contributed by atoms with Crippen molar-refractivity contribution in [2.45, 2.75) is 48.6 Å². The van der Waals surface area contributed by atoms with E-state index in [0.717, 1.165) is 32.9 Å². The second kappa shape index (κ2) is 6.70. The molecule has 2 aliphatic carbocycles. The predicted molar refractivity (Wildman–Crippen MR) is 104 cm³/mol. The van der Waals surface area contributed by atoms with E-state index < -0.39 is 0 Å². The lowest BCUT2D eigenvalue weighted by molar-refractivity contribution is 0.415. The van der Waals surface area contributed by atoms with Crippen molar-refractivity contribution in [3.05, 3.63) is 41.2 Å². The third-order valence-corrected chi connectivity index (χ3v) is 6.70. The summed E-state index contributed by atoms with van der Waals surface area (Å²) in [5, 5.41) is 13.2. The Morgan fingerprint density at radius 1 is 1.15 bits per heavy atom. The van der Waals surface area contributed by atoms with Gasteiger partial charge in [0, 0.05) is 28.7 Å². The fourth-order valence-corrected chi connectivity index (χ4v) is 4.90. The third-order valence-electron chi connectivity index (χ3n) is 4.78. The second-order valence-corrected chi connectivity index (χ2v) is 8.68. The zero-order chi connectivity index (χ0) is 17.5. The molecule has 5 rings (SSSR count). The summed E-state index contributed by atoms with van der Waals surface area (Å²) in [6, 6.07) is 8.69. The summed E-state index contributed by atoms with van der Waals surface area (Å²) < 4.78 is 7.62. The zero-order valence-electron chi connectivity index (χ0n) is 14.6. The van der Waals surface area contributed by atoms with E-state index in [0.29, 0.717) is 12.0 Å². The largest absolute Gasteiger partial charge is 0.497 e. The van der Waals surface area contributed by atoms with Crippen molar-refractivity contribution in [2.75, 3.05) is 7.11 Å².